The van der Waals surface area contributed by atoms with Crippen LogP contribution in [0.3, 0.4) is 0 Å². The lowest BCUT2D eigenvalue weighted by molar-refractivity contribution is -0.150. The summed E-state index contributed by atoms with van der Waals surface area (Å²) in [5.41, 5.74) is 14.1. The van der Waals surface area contributed by atoms with Crippen molar-refractivity contribution in [1.29, 1.82) is 0 Å². The lowest BCUT2D eigenvalue weighted by Gasteiger charge is -2.22. The Morgan fingerprint density at radius 3 is 2.47 bits per heavy atom. The van der Waals surface area contributed by atoms with E-state index in [0.717, 1.165) is 5.69 Å². The highest BCUT2D eigenvalue weighted by molar-refractivity contribution is 7.54. The van der Waals surface area contributed by atoms with Crippen LogP contribution in [0.25, 0.3) is 11.2 Å². The van der Waals surface area contributed by atoms with Crippen LogP contribution < -0.4 is 26.2 Å². The van der Waals surface area contributed by atoms with Crippen molar-refractivity contribution in [3.8, 4) is 5.75 Å². The Kier molecular flexibility index (Phi) is 10.1. The number of nitrogen functional groups attached to an aromatic ring is 2. The Bertz CT molecular complexity index is 1620. The van der Waals surface area contributed by atoms with Gasteiger partial charge in [0, 0.05) is 24.8 Å². The first-order valence-electron chi connectivity index (χ1n) is 13.4. The van der Waals surface area contributed by atoms with Gasteiger partial charge in [0.2, 0.25) is 5.95 Å². The molecule has 0 aliphatic rings. The van der Waals surface area contributed by atoms with Gasteiger partial charge in [0.05, 0.1) is 31.2 Å². The third kappa shape index (κ3) is 8.37. The SMILES string of the molecule is CCOC(=O)C(C)OP(=O)(CCNC(=O)c1ccc(N(C)Cc2cnc3nc(N)nc(N)c3n2)cc1)Oc1ccccc1. The number of carbonyl (C=O) groups is 2. The molecule has 4 aromatic rings. The average Bonchev–Trinajstić information content (AvgIpc) is 2.98. The van der Waals surface area contributed by atoms with Crippen molar-refractivity contribution in [2.45, 2.75) is 26.5 Å². The zero-order valence-corrected chi connectivity index (χ0v) is 24.9. The maximum atomic E-state index is 13.6. The molecule has 2 aromatic carbocycles. The summed E-state index contributed by atoms with van der Waals surface area (Å²) < 4.78 is 29.7. The molecule has 15 heteroatoms. The zero-order chi connectivity index (χ0) is 31.0. The number of anilines is 3. The summed E-state index contributed by atoms with van der Waals surface area (Å²) in [5.74, 6) is -0.555. The molecule has 14 nitrogen and oxygen atoms in total. The normalized spacial score (nSPS) is 13.1. The van der Waals surface area contributed by atoms with Gasteiger partial charge in [-0.1, -0.05) is 18.2 Å². The molecule has 226 valence electrons. The lowest BCUT2D eigenvalue weighted by Crippen LogP contribution is -2.29. The fraction of sp³-hybridized carbons (Fsp3) is 0.286. The van der Waals surface area contributed by atoms with Gasteiger partial charge in [-0.3, -0.25) is 9.32 Å². The summed E-state index contributed by atoms with van der Waals surface area (Å²) >= 11 is 0. The fourth-order valence-corrected chi connectivity index (χ4v) is 5.61. The largest absolute Gasteiger partial charge is 0.464 e. The minimum atomic E-state index is -3.85. The van der Waals surface area contributed by atoms with E-state index in [1.54, 1.807) is 67.7 Å². The summed E-state index contributed by atoms with van der Waals surface area (Å²) in [6.45, 7) is 3.62. The molecule has 1 amide bonds. The number of esters is 1. The van der Waals surface area contributed by atoms with E-state index in [1.165, 1.54) is 6.92 Å². The van der Waals surface area contributed by atoms with Gasteiger partial charge in [-0.2, -0.15) is 9.97 Å². The minimum absolute atomic E-state index is 0.0276. The number of para-hydroxylation sites is 1. The van der Waals surface area contributed by atoms with E-state index >= 15 is 0 Å². The highest BCUT2D eigenvalue weighted by Gasteiger charge is 2.32. The standard InChI is InChI=1S/C28H33N8O6P/c1-4-40-27(38)18(2)41-43(39,42-22-8-6-5-7-9-22)15-14-31-26(37)19-10-12-21(13-11-19)36(3)17-20-16-32-25-23(33-20)24(29)34-28(30)35-25/h5-13,16,18H,4,14-15,17H2,1-3H3,(H,31,37)(H4,29,30,32,34,35). The van der Waals surface area contributed by atoms with Gasteiger partial charge in [0.15, 0.2) is 23.1 Å². The fourth-order valence-electron chi connectivity index (χ4n) is 3.97. The zero-order valence-electron chi connectivity index (χ0n) is 24.0. The second-order valence-electron chi connectivity index (χ2n) is 9.40. The summed E-state index contributed by atoms with van der Waals surface area (Å²) in [4.78, 5) is 43.6. The van der Waals surface area contributed by atoms with Gasteiger partial charge >= 0.3 is 13.6 Å². The maximum Gasteiger partial charge on any atom is 0.381 e. The van der Waals surface area contributed by atoms with Gasteiger partial charge < -0.3 is 30.9 Å². The molecule has 2 aromatic heterocycles. The number of rotatable bonds is 13. The number of hydrogen-bond donors (Lipinski definition) is 3. The number of benzene rings is 2. The average molecular weight is 609 g/mol. The number of fused-ring (bicyclic) bond motifs is 1. The number of ether oxygens (including phenoxy) is 1. The topological polar surface area (TPSA) is 198 Å². The number of nitrogens with zero attached hydrogens (tertiary/aromatic N) is 5. The van der Waals surface area contributed by atoms with Crippen LogP contribution in [-0.2, 0) is 25.2 Å². The molecule has 0 aliphatic heterocycles. The Labute approximate surface area is 248 Å². The molecule has 5 N–H and O–H groups in total. The molecule has 0 radical (unpaired) electrons. The molecular weight excluding hydrogens is 575 g/mol. The van der Waals surface area contributed by atoms with E-state index in [2.05, 4.69) is 25.3 Å². The molecular formula is C28H33N8O6P. The van der Waals surface area contributed by atoms with Crippen LogP contribution in [0.4, 0.5) is 17.5 Å². The van der Waals surface area contributed by atoms with E-state index in [0.29, 0.717) is 34.7 Å². The molecule has 0 bridgehead atoms. The van der Waals surface area contributed by atoms with Crippen molar-refractivity contribution < 1.29 is 27.9 Å². The number of amides is 1. The van der Waals surface area contributed by atoms with Gasteiger partial charge in [-0.05, 0) is 50.2 Å². The summed E-state index contributed by atoms with van der Waals surface area (Å²) in [6.07, 6.45) is 0.289. The van der Waals surface area contributed by atoms with E-state index in [-0.39, 0.29) is 37.0 Å². The molecule has 0 saturated heterocycles. The molecule has 0 aliphatic carbocycles. The van der Waals surface area contributed by atoms with Crippen molar-refractivity contribution in [3.05, 3.63) is 72.1 Å². The van der Waals surface area contributed by atoms with E-state index in [4.69, 9.17) is 25.3 Å². The highest BCUT2D eigenvalue weighted by Crippen LogP contribution is 2.49. The Morgan fingerprint density at radius 1 is 1.05 bits per heavy atom. The van der Waals surface area contributed by atoms with E-state index in [1.807, 2.05) is 11.9 Å². The Morgan fingerprint density at radius 2 is 1.77 bits per heavy atom. The molecule has 2 atom stereocenters. The van der Waals surface area contributed by atoms with Gasteiger partial charge in [-0.15, -0.1) is 0 Å². The maximum absolute atomic E-state index is 13.6. The van der Waals surface area contributed by atoms with Crippen molar-refractivity contribution in [3.63, 3.8) is 0 Å². The monoisotopic (exact) mass is 608 g/mol. The molecule has 0 spiro atoms. The van der Waals surface area contributed by atoms with Gasteiger partial charge in [0.25, 0.3) is 5.91 Å². The van der Waals surface area contributed by atoms with Crippen LogP contribution in [0, 0.1) is 0 Å². The van der Waals surface area contributed by atoms with Crippen LogP contribution in [0.15, 0.2) is 60.8 Å². The number of aromatic nitrogens is 4. The van der Waals surface area contributed by atoms with Crippen LogP contribution >= 0.6 is 7.60 Å². The predicted molar refractivity (Wildman–Crippen MR) is 162 cm³/mol. The number of hydrogen-bond acceptors (Lipinski definition) is 13. The molecule has 0 fully saturated rings. The second kappa shape index (κ2) is 13.9. The van der Waals surface area contributed by atoms with E-state index in [9.17, 15) is 14.2 Å². The van der Waals surface area contributed by atoms with Crippen molar-refractivity contribution in [1.82, 2.24) is 25.3 Å². The smallest absolute Gasteiger partial charge is 0.381 e. The third-order valence-corrected chi connectivity index (χ3v) is 7.96. The lowest BCUT2D eigenvalue weighted by atomic mass is 10.2. The first-order valence-corrected chi connectivity index (χ1v) is 15.1. The molecule has 0 saturated carbocycles. The van der Waals surface area contributed by atoms with Crippen molar-refractivity contribution in [2.75, 3.05) is 42.7 Å². The van der Waals surface area contributed by atoms with Gasteiger partial charge in [-0.25, -0.2) is 19.3 Å². The van der Waals surface area contributed by atoms with Crippen LogP contribution in [0.2, 0.25) is 0 Å². The summed E-state index contributed by atoms with van der Waals surface area (Å²) in [7, 11) is -1.99. The molecule has 43 heavy (non-hydrogen) atoms. The third-order valence-electron chi connectivity index (χ3n) is 6.07. The van der Waals surface area contributed by atoms with Crippen LogP contribution in [0.5, 0.6) is 5.75 Å². The molecule has 2 unspecified atom stereocenters. The number of carbonyl (C=O) groups excluding carboxylic acids is 2. The van der Waals surface area contributed by atoms with Gasteiger partial charge in [0.1, 0.15) is 5.75 Å². The number of nitrogens with two attached hydrogens (primary N) is 2. The van der Waals surface area contributed by atoms with Crippen LogP contribution in [0.1, 0.15) is 29.9 Å². The number of nitrogens with one attached hydrogen (secondary N) is 1. The molecule has 2 heterocycles. The van der Waals surface area contributed by atoms with Crippen molar-refractivity contribution in [2.24, 2.45) is 0 Å². The molecule has 4 rings (SSSR count). The Hall–Kier alpha value is -4.81. The quantitative estimate of drug-likeness (QED) is 0.148. The highest BCUT2D eigenvalue weighted by atomic mass is 31.2. The first-order chi connectivity index (χ1) is 20.6. The predicted octanol–water partition coefficient (Wildman–Crippen LogP) is 3.19. The van der Waals surface area contributed by atoms with Crippen molar-refractivity contribution >= 4 is 48.1 Å². The first kappa shape index (κ1) is 31.1. The van der Waals surface area contributed by atoms with Crippen LogP contribution in [-0.4, -0.2) is 64.3 Å². The summed E-state index contributed by atoms with van der Waals surface area (Å²) in [5, 5.41) is 2.73. The van der Waals surface area contributed by atoms with E-state index < -0.39 is 19.7 Å². The second-order valence-corrected chi connectivity index (χ2v) is 11.5. The Balaban J connectivity index is 1.36. The summed E-state index contributed by atoms with van der Waals surface area (Å²) in [6, 6.07) is 15.4. The minimum Gasteiger partial charge on any atom is -0.464 e.